The van der Waals surface area contributed by atoms with Gasteiger partial charge >= 0.3 is 0 Å². The van der Waals surface area contributed by atoms with Crippen molar-refractivity contribution in [2.45, 2.75) is 32.9 Å². The van der Waals surface area contributed by atoms with E-state index in [0.717, 1.165) is 38.4 Å². The molecule has 1 unspecified atom stereocenters. The van der Waals surface area contributed by atoms with Gasteiger partial charge in [-0.3, -0.25) is 14.8 Å². The number of nitrogens with two attached hydrogens (primary N) is 1. The molecule has 1 aliphatic heterocycles. The van der Waals surface area contributed by atoms with Crippen molar-refractivity contribution < 1.29 is 0 Å². The molecule has 0 saturated carbocycles. The molecule has 0 bridgehead atoms. The van der Waals surface area contributed by atoms with Crippen LogP contribution in [0.1, 0.15) is 26.0 Å². The lowest BCUT2D eigenvalue weighted by molar-refractivity contribution is 0.208. The largest absolute Gasteiger partial charge is 0.382 e. The average molecular weight is 249 g/mol. The fourth-order valence-electron chi connectivity index (χ4n) is 2.67. The third kappa shape index (κ3) is 3.17. The van der Waals surface area contributed by atoms with Crippen molar-refractivity contribution in [2.24, 2.45) is 0 Å². The summed E-state index contributed by atoms with van der Waals surface area (Å²) in [7, 11) is 0. The number of likely N-dealkylation sites (tertiary alicyclic amines) is 1. The summed E-state index contributed by atoms with van der Waals surface area (Å²) in [6, 6.07) is 0.696. The Labute approximate surface area is 109 Å². The van der Waals surface area contributed by atoms with Crippen LogP contribution >= 0.6 is 0 Å². The second-order valence-electron chi connectivity index (χ2n) is 4.83. The van der Waals surface area contributed by atoms with Gasteiger partial charge in [-0.15, -0.1) is 0 Å². The normalized spacial score (nSPS) is 20.7. The molecule has 5 heteroatoms. The quantitative estimate of drug-likeness (QED) is 0.843. The van der Waals surface area contributed by atoms with Gasteiger partial charge in [-0.05, 0) is 19.5 Å². The minimum absolute atomic E-state index is 0.487. The van der Waals surface area contributed by atoms with E-state index in [-0.39, 0.29) is 0 Å². The molecule has 0 spiro atoms. The maximum atomic E-state index is 5.54. The molecule has 18 heavy (non-hydrogen) atoms. The van der Waals surface area contributed by atoms with E-state index in [4.69, 9.17) is 5.73 Å². The van der Waals surface area contributed by atoms with Crippen molar-refractivity contribution in [3.63, 3.8) is 0 Å². The lowest BCUT2D eigenvalue weighted by Gasteiger charge is -2.26. The topological polar surface area (TPSA) is 58.3 Å². The van der Waals surface area contributed by atoms with Crippen molar-refractivity contribution in [1.82, 2.24) is 19.8 Å². The van der Waals surface area contributed by atoms with Gasteiger partial charge < -0.3 is 5.73 Å². The number of likely N-dealkylation sites (N-methyl/N-ethyl adjacent to an activating group) is 1. The molecule has 0 radical (unpaired) electrons. The molecule has 0 aromatic carbocycles. The van der Waals surface area contributed by atoms with Crippen LogP contribution in [-0.2, 0) is 6.54 Å². The Kier molecular flexibility index (Phi) is 4.49. The lowest BCUT2D eigenvalue weighted by Crippen LogP contribution is -2.37. The van der Waals surface area contributed by atoms with Gasteiger partial charge in [0.05, 0.1) is 18.1 Å². The van der Waals surface area contributed by atoms with E-state index in [1.807, 2.05) is 0 Å². The Bertz CT molecular complexity index is 360. The second kappa shape index (κ2) is 6.11. The fraction of sp³-hybridized carbons (Fsp3) is 0.692. The molecule has 2 heterocycles. The molecular weight excluding hydrogens is 226 g/mol. The minimum Gasteiger partial charge on any atom is -0.382 e. The highest BCUT2D eigenvalue weighted by molar-refractivity contribution is 5.22. The summed E-state index contributed by atoms with van der Waals surface area (Å²) in [6.45, 7) is 9.90. The van der Waals surface area contributed by atoms with E-state index < -0.39 is 0 Å². The number of anilines is 1. The van der Waals surface area contributed by atoms with E-state index in [9.17, 15) is 0 Å². The van der Waals surface area contributed by atoms with Crippen molar-refractivity contribution in [3.05, 3.63) is 18.1 Å². The number of hydrogen-bond acceptors (Lipinski definition) is 5. The fourth-order valence-corrected chi connectivity index (χ4v) is 2.67. The zero-order valence-electron chi connectivity index (χ0n) is 11.3. The Hall–Kier alpha value is -1.20. The van der Waals surface area contributed by atoms with Crippen LogP contribution in [0.4, 0.5) is 5.82 Å². The van der Waals surface area contributed by atoms with Crippen LogP contribution in [0.3, 0.4) is 0 Å². The van der Waals surface area contributed by atoms with Crippen LogP contribution in [0.2, 0.25) is 0 Å². The first kappa shape index (κ1) is 13.2. The molecule has 100 valence electrons. The summed E-state index contributed by atoms with van der Waals surface area (Å²) in [5, 5.41) is 0. The predicted molar refractivity (Wildman–Crippen MR) is 73.0 cm³/mol. The second-order valence-corrected chi connectivity index (χ2v) is 4.83. The van der Waals surface area contributed by atoms with Crippen molar-refractivity contribution >= 4 is 5.82 Å². The monoisotopic (exact) mass is 249 g/mol. The van der Waals surface area contributed by atoms with E-state index in [0.29, 0.717) is 11.9 Å². The molecule has 1 aromatic heterocycles. The molecule has 1 saturated heterocycles. The summed E-state index contributed by atoms with van der Waals surface area (Å²) in [5.74, 6) is 0.487. The molecule has 5 nitrogen and oxygen atoms in total. The van der Waals surface area contributed by atoms with Crippen LogP contribution in [-0.4, -0.2) is 52.0 Å². The lowest BCUT2D eigenvalue weighted by atomic mass is 10.2. The maximum absolute atomic E-state index is 5.54. The number of nitrogen functional groups attached to an aromatic ring is 1. The Balaban J connectivity index is 1.87. The third-order valence-electron chi connectivity index (χ3n) is 3.69. The summed E-state index contributed by atoms with van der Waals surface area (Å²) in [4.78, 5) is 13.4. The zero-order chi connectivity index (χ0) is 13.0. The van der Waals surface area contributed by atoms with Crippen LogP contribution in [0.25, 0.3) is 0 Å². The first-order valence-corrected chi connectivity index (χ1v) is 6.75. The molecule has 2 rings (SSSR count). The molecule has 1 aliphatic rings. The Morgan fingerprint density at radius 1 is 1.33 bits per heavy atom. The van der Waals surface area contributed by atoms with Gasteiger partial charge in [-0.2, -0.15) is 0 Å². The number of hydrogen-bond donors (Lipinski definition) is 1. The van der Waals surface area contributed by atoms with Gasteiger partial charge in [0.1, 0.15) is 5.82 Å². The molecule has 1 atom stereocenters. The first-order chi connectivity index (χ1) is 8.72. The highest BCUT2D eigenvalue weighted by Gasteiger charge is 2.26. The molecule has 0 amide bonds. The Morgan fingerprint density at radius 3 is 2.72 bits per heavy atom. The minimum atomic E-state index is 0.487. The molecule has 2 N–H and O–H groups in total. The summed E-state index contributed by atoms with van der Waals surface area (Å²) in [6.07, 6.45) is 4.66. The van der Waals surface area contributed by atoms with Crippen molar-refractivity contribution in [3.8, 4) is 0 Å². The summed E-state index contributed by atoms with van der Waals surface area (Å²) >= 11 is 0. The van der Waals surface area contributed by atoms with Crippen molar-refractivity contribution in [1.29, 1.82) is 0 Å². The zero-order valence-corrected chi connectivity index (χ0v) is 11.3. The SMILES string of the molecule is CCN(CC)C1CCN(Cc2cnc(N)cn2)C1. The van der Waals surface area contributed by atoms with E-state index in [2.05, 4.69) is 33.6 Å². The maximum Gasteiger partial charge on any atom is 0.141 e. The van der Waals surface area contributed by atoms with Crippen molar-refractivity contribution in [2.75, 3.05) is 31.9 Å². The van der Waals surface area contributed by atoms with Gasteiger partial charge in [0, 0.05) is 25.7 Å². The summed E-state index contributed by atoms with van der Waals surface area (Å²) in [5.41, 5.74) is 6.54. The first-order valence-electron chi connectivity index (χ1n) is 6.75. The van der Waals surface area contributed by atoms with Gasteiger partial charge in [-0.1, -0.05) is 13.8 Å². The van der Waals surface area contributed by atoms with Gasteiger partial charge in [-0.25, -0.2) is 4.98 Å². The molecular formula is C13H23N5. The standard InChI is InChI=1S/C13H23N5/c1-3-18(4-2)12-5-6-17(10-12)9-11-7-16-13(14)8-15-11/h7-8,12H,3-6,9-10H2,1-2H3,(H2,14,16). The van der Waals surface area contributed by atoms with Crippen LogP contribution in [0.5, 0.6) is 0 Å². The molecule has 1 fully saturated rings. The van der Waals surface area contributed by atoms with Gasteiger partial charge in [0.15, 0.2) is 0 Å². The average Bonchev–Trinajstić information content (AvgIpc) is 2.82. The predicted octanol–water partition coefficient (Wildman–Crippen LogP) is 0.975. The number of aromatic nitrogens is 2. The van der Waals surface area contributed by atoms with E-state index in [1.54, 1.807) is 12.4 Å². The third-order valence-corrected chi connectivity index (χ3v) is 3.69. The van der Waals surface area contributed by atoms with Gasteiger partial charge in [0.25, 0.3) is 0 Å². The smallest absolute Gasteiger partial charge is 0.141 e. The molecule has 1 aromatic rings. The van der Waals surface area contributed by atoms with Gasteiger partial charge in [0.2, 0.25) is 0 Å². The number of rotatable bonds is 5. The Morgan fingerprint density at radius 2 is 2.11 bits per heavy atom. The molecule has 0 aliphatic carbocycles. The van der Waals surface area contributed by atoms with Crippen LogP contribution in [0.15, 0.2) is 12.4 Å². The highest BCUT2D eigenvalue weighted by atomic mass is 15.2. The number of nitrogens with zero attached hydrogens (tertiary/aromatic N) is 4. The van der Waals surface area contributed by atoms with Crippen LogP contribution in [0, 0.1) is 0 Å². The van der Waals surface area contributed by atoms with E-state index in [1.165, 1.54) is 6.42 Å². The highest BCUT2D eigenvalue weighted by Crippen LogP contribution is 2.17. The van der Waals surface area contributed by atoms with E-state index >= 15 is 0 Å². The van der Waals surface area contributed by atoms with Crippen LogP contribution < -0.4 is 5.73 Å². The summed E-state index contributed by atoms with van der Waals surface area (Å²) < 4.78 is 0.